The molecule has 2 heterocycles. The zero-order valence-corrected chi connectivity index (χ0v) is 21.1. The van der Waals surface area contributed by atoms with Crippen LogP contribution in [-0.2, 0) is 14.8 Å². The van der Waals surface area contributed by atoms with Crippen molar-refractivity contribution >= 4 is 49.7 Å². The molecular formula is C23H25ClN4O4S2. The van der Waals surface area contributed by atoms with Crippen LogP contribution < -0.4 is 15.4 Å². The smallest absolute Gasteiger partial charge is 0.243 e. The zero-order valence-electron chi connectivity index (χ0n) is 18.7. The number of ether oxygens (including phenoxy) is 1. The van der Waals surface area contributed by atoms with E-state index in [9.17, 15) is 13.2 Å². The van der Waals surface area contributed by atoms with E-state index in [4.69, 9.17) is 16.3 Å². The SMILES string of the molecule is CNc1nc(-c2ccc(OC)c(NC(=O)[C@H]3CCCN(S(=O)(=O)c4ccc(Cl)cc4)C3)c2)cs1. The van der Waals surface area contributed by atoms with Gasteiger partial charge in [0.15, 0.2) is 5.13 Å². The molecular weight excluding hydrogens is 496 g/mol. The van der Waals surface area contributed by atoms with Crippen LogP contribution in [0.5, 0.6) is 5.75 Å². The monoisotopic (exact) mass is 520 g/mol. The van der Waals surface area contributed by atoms with Gasteiger partial charge in [0.25, 0.3) is 0 Å². The molecule has 1 atom stereocenters. The van der Waals surface area contributed by atoms with Crippen molar-refractivity contribution in [3.63, 3.8) is 0 Å². The Kier molecular flexibility index (Phi) is 7.42. The van der Waals surface area contributed by atoms with Crippen molar-refractivity contribution in [1.82, 2.24) is 9.29 Å². The van der Waals surface area contributed by atoms with Gasteiger partial charge < -0.3 is 15.4 Å². The van der Waals surface area contributed by atoms with E-state index in [1.54, 1.807) is 18.2 Å². The highest BCUT2D eigenvalue weighted by Crippen LogP contribution is 2.33. The molecule has 4 rings (SSSR count). The average molecular weight is 521 g/mol. The summed E-state index contributed by atoms with van der Waals surface area (Å²) in [7, 11) is -0.373. The van der Waals surface area contributed by atoms with E-state index in [1.165, 1.54) is 34.9 Å². The second-order valence-electron chi connectivity index (χ2n) is 7.85. The lowest BCUT2D eigenvalue weighted by Gasteiger charge is -2.31. The Labute approximate surface area is 208 Å². The minimum atomic E-state index is -3.72. The topological polar surface area (TPSA) is 101 Å². The van der Waals surface area contributed by atoms with Crippen LogP contribution in [0.2, 0.25) is 5.02 Å². The normalized spacial score (nSPS) is 16.7. The van der Waals surface area contributed by atoms with Gasteiger partial charge in [0.05, 0.1) is 29.3 Å². The molecule has 34 heavy (non-hydrogen) atoms. The number of thiazole rings is 1. The molecule has 0 bridgehead atoms. The van der Waals surface area contributed by atoms with Crippen molar-refractivity contribution in [2.45, 2.75) is 17.7 Å². The number of aromatic nitrogens is 1. The highest BCUT2D eigenvalue weighted by atomic mass is 35.5. The van der Waals surface area contributed by atoms with Gasteiger partial charge in [0.1, 0.15) is 5.75 Å². The maximum absolute atomic E-state index is 13.2. The summed E-state index contributed by atoms with van der Waals surface area (Å²) in [5.74, 6) is -0.220. The number of hydrogen-bond donors (Lipinski definition) is 2. The molecule has 1 aromatic heterocycles. The molecule has 1 amide bonds. The van der Waals surface area contributed by atoms with Crippen molar-refractivity contribution < 1.29 is 17.9 Å². The lowest BCUT2D eigenvalue weighted by atomic mass is 9.98. The summed E-state index contributed by atoms with van der Waals surface area (Å²) < 4.78 is 32.9. The number of anilines is 2. The van der Waals surface area contributed by atoms with Gasteiger partial charge in [-0.3, -0.25) is 4.79 Å². The number of halogens is 1. The van der Waals surface area contributed by atoms with E-state index >= 15 is 0 Å². The summed E-state index contributed by atoms with van der Waals surface area (Å²) in [5.41, 5.74) is 2.14. The van der Waals surface area contributed by atoms with Gasteiger partial charge in [0.2, 0.25) is 15.9 Å². The number of rotatable bonds is 7. The standard InChI is InChI=1S/C23H25ClN4O4S2/c1-25-23-27-20(14-33-23)15-5-10-21(32-2)19(12-15)26-22(29)16-4-3-11-28(13-16)34(30,31)18-8-6-17(24)7-9-18/h5-10,12,14,16H,3-4,11,13H2,1-2H3,(H,25,27)(H,26,29)/t16-/m0/s1. The van der Waals surface area contributed by atoms with Gasteiger partial charge in [0, 0.05) is 36.1 Å². The van der Waals surface area contributed by atoms with Crippen LogP contribution in [0, 0.1) is 5.92 Å². The van der Waals surface area contributed by atoms with Gasteiger partial charge in [-0.15, -0.1) is 11.3 Å². The van der Waals surface area contributed by atoms with Crippen molar-refractivity contribution in [3.8, 4) is 17.0 Å². The molecule has 1 fully saturated rings. The predicted molar refractivity (Wildman–Crippen MR) is 135 cm³/mol. The zero-order chi connectivity index (χ0) is 24.3. The molecule has 0 spiro atoms. The van der Waals surface area contributed by atoms with Gasteiger partial charge >= 0.3 is 0 Å². The number of methoxy groups -OCH3 is 1. The molecule has 0 radical (unpaired) electrons. The first kappa shape index (κ1) is 24.5. The van der Waals surface area contributed by atoms with Crippen LogP contribution >= 0.6 is 22.9 Å². The molecule has 8 nitrogen and oxygen atoms in total. The Morgan fingerprint density at radius 1 is 1.24 bits per heavy atom. The van der Waals surface area contributed by atoms with Gasteiger partial charge in [-0.1, -0.05) is 11.6 Å². The van der Waals surface area contributed by atoms with E-state index in [-0.39, 0.29) is 17.3 Å². The number of carbonyl (C=O) groups is 1. The average Bonchev–Trinajstić information content (AvgIpc) is 3.34. The molecule has 1 saturated heterocycles. The first-order valence-corrected chi connectivity index (χ1v) is 13.4. The van der Waals surface area contributed by atoms with E-state index < -0.39 is 15.9 Å². The third-order valence-electron chi connectivity index (χ3n) is 5.68. The Hall–Kier alpha value is -2.66. The van der Waals surface area contributed by atoms with Crippen molar-refractivity contribution in [2.24, 2.45) is 5.92 Å². The van der Waals surface area contributed by atoms with Gasteiger partial charge in [-0.05, 0) is 55.3 Å². The van der Waals surface area contributed by atoms with Crippen LogP contribution in [0.4, 0.5) is 10.8 Å². The summed E-state index contributed by atoms with van der Waals surface area (Å²) in [4.78, 5) is 17.8. The molecule has 0 saturated carbocycles. The molecule has 180 valence electrons. The van der Waals surface area contributed by atoms with Crippen LogP contribution in [0.25, 0.3) is 11.3 Å². The first-order chi connectivity index (χ1) is 16.3. The Balaban J connectivity index is 1.52. The maximum Gasteiger partial charge on any atom is 0.243 e. The predicted octanol–water partition coefficient (Wildman–Crippen LogP) is 4.55. The maximum atomic E-state index is 13.2. The number of piperidine rings is 1. The second kappa shape index (κ2) is 10.3. The van der Waals surface area contributed by atoms with Crippen LogP contribution in [0.1, 0.15) is 12.8 Å². The fourth-order valence-electron chi connectivity index (χ4n) is 3.85. The molecule has 11 heteroatoms. The summed E-state index contributed by atoms with van der Waals surface area (Å²) >= 11 is 7.38. The van der Waals surface area contributed by atoms with Crippen LogP contribution in [0.3, 0.4) is 0 Å². The Morgan fingerprint density at radius 2 is 2.00 bits per heavy atom. The first-order valence-electron chi connectivity index (χ1n) is 10.7. The summed E-state index contributed by atoms with van der Waals surface area (Å²) in [6, 6.07) is 11.5. The van der Waals surface area contributed by atoms with Crippen LogP contribution in [0.15, 0.2) is 52.7 Å². The molecule has 0 unspecified atom stereocenters. The summed E-state index contributed by atoms with van der Waals surface area (Å²) in [6.07, 6.45) is 1.19. The van der Waals surface area contributed by atoms with E-state index in [0.29, 0.717) is 35.8 Å². The van der Waals surface area contributed by atoms with Gasteiger partial charge in [-0.2, -0.15) is 4.31 Å². The second-order valence-corrected chi connectivity index (χ2v) is 11.1. The fraction of sp³-hybridized carbons (Fsp3) is 0.304. The third kappa shape index (κ3) is 5.20. The highest BCUT2D eigenvalue weighted by molar-refractivity contribution is 7.89. The van der Waals surface area contributed by atoms with Crippen LogP contribution in [-0.4, -0.2) is 50.9 Å². The number of amides is 1. The van der Waals surface area contributed by atoms with E-state index in [2.05, 4.69) is 15.6 Å². The Morgan fingerprint density at radius 3 is 2.68 bits per heavy atom. The van der Waals surface area contributed by atoms with E-state index in [0.717, 1.165) is 16.4 Å². The van der Waals surface area contributed by atoms with Crippen molar-refractivity contribution in [1.29, 1.82) is 0 Å². The minimum absolute atomic E-state index is 0.108. The molecule has 2 N–H and O–H groups in total. The summed E-state index contributed by atoms with van der Waals surface area (Å²) in [6.45, 7) is 0.474. The molecule has 1 aliphatic heterocycles. The van der Waals surface area contributed by atoms with Gasteiger partial charge in [-0.25, -0.2) is 13.4 Å². The number of nitrogens with one attached hydrogen (secondary N) is 2. The number of sulfonamides is 1. The third-order valence-corrected chi connectivity index (χ3v) is 8.67. The number of benzene rings is 2. The van der Waals surface area contributed by atoms with Crippen molar-refractivity contribution in [3.05, 3.63) is 52.9 Å². The molecule has 2 aromatic carbocycles. The molecule has 3 aromatic rings. The number of hydrogen-bond acceptors (Lipinski definition) is 7. The Bertz CT molecular complexity index is 1280. The molecule has 0 aliphatic carbocycles. The minimum Gasteiger partial charge on any atom is -0.495 e. The largest absolute Gasteiger partial charge is 0.495 e. The molecule has 1 aliphatic rings. The lowest BCUT2D eigenvalue weighted by molar-refractivity contribution is -0.120. The fourth-order valence-corrected chi connectivity index (χ4v) is 6.18. The quantitative estimate of drug-likeness (QED) is 0.474. The lowest BCUT2D eigenvalue weighted by Crippen LogP contribution is -2.43. The van der Waals surface area contributed by atoms with E-state index in [1.807, 2.05) is 24.6 Å². The summed E-state index contributed by atoms with van der Waals surface area (Å²) in [5, 5.41) is 9.14. The number of carbonyl (C=O) groups excluding carboxylic acids is 1. The highest BCUT2D eigenvalue weighted by Gasteiger charge is 2.33. The van der Waals surface area contributed by atoms with Crippen molar-refractivity contribution in [2.75, 3.05) is 37.9 Å². The number of nitrogens with zero attached hydrogens (tertiary/aromatic N) is 2.